The van der Waals surface area contributed by atoms with E-state index in [0.29, 0.717) is 12.1 Å². The van der Waals surface area contributed by atoms with Crippen LogP contribution in [0.4, 0.5) is 18.9 Å². The van der Waals surface area contributed by atoms with Crippen LogP contribution in [0.5, 0.6) is 0 Å². The van der Waals surface area contributed by atoms with Crippen LogP contribution in [0.15, 0.2) is 42.5 Å². The number of anilines is 1. The number of rotatable bonds is 11. The molecule has 34 heavy (non-hydrogen) atoms. The molecule has 0 saturated carbocycles. The number of hydrogen-bond donors (Lipinski definition) is 1. The van der Waals surface area contributed by atoms with E-state index in [0.717, 1.165) is 28.8 Å². The molecule has 0 aliphatic rings. The highest BCUT2D eigenvalue weighted by atomic mass is 32.2. The average molecular weight is 500 g/mol. The Morgan fingerprint density at radius 2 is 1.68 bits per heavy atom. The van der Waals surface area contributed by atoms with Crippen LogP contribution in [-0.4, -0.2) is 50.5 Å². The summed E-state index contributed by atoms with van der Waals surface area (Å²) in [4.78, 5) is 26.7. The Balaban J connectivity index is 2.16. The molecule has 2 aromatic rings. The van der Waals surface area contributed by atoms with Crippen LogP contribution >= 0.6 is 0 Å². The van der Waals surface area contributed by atoms with Crippen molar-refractivity contribution in [3.8, 4) is 0 Å². The van der Waals surface area contributed by atoms with E-state index in [1.807, 2.05) is 0 Å². The molecule has 0 unspecified atom stereocenters. The highest BCUT2D eigenvalue weighted by Gasteiger charge is 2.26. The van der Waals surface area contributed by atoms with Gasteiger partial charge in [-0.1, -0.05) is 12.1 Å². The van der Waals surface area contributed by atoms with Crippen LogP contribution in [0.1, 0.15) is 32.3 Å². The van der Waals surface area contributed by atoms with Gasteiger partial charge in [-0.3, -0.25) is 13.9 Å². The Morgan fingerprint density at radius 1 is 1.03 bits per heavy atom. The molecule has 11 heteroatoms. The molecule has 2 aromatic carbocycles. The minimum Gasteiger partial charge on any atom is -0.355 e. The molecule has 0 fully saturated rings. The number of likely N-dealkylation sites (N-methyl/N-ethyl adjacent to an activating group) is 1. The zero-order chi connectivity index (χ0) is 25.5. The van der Waals surface area contributed by atoms with E-state index >= 15 is 0 Å². The average Bonchev–Trinajstić information content (AvgIpc) is 2.77. The van der Waals surface area contributed by atoms with E-state index in [-0.39, 0.29) is 37.5 Å². The molecule has 1 N–H and O–H groups in total. The van der Waals surface area contributed by atoms with Crippen molar-refractivity contribution in [1.82, 2.24) is 10.2 Å². The van der Waals surface area contributed by atoms with Crippen molar-refractivity contribution in [1.29, 1.82) is 0 Å². The number of halogens is 3. The summed E-state index contributed by atoms with van der Waals surface area (Å²) < 4.78 is 65.4. The first-order chi connectivity index (χ1) is 15.9. The molecule has 186 valence electrons. The largest absolute Gasteiger partial charge is 0.355 e. The number of benzene rings is 2. The molecule has 0 aliphatic heterocycles. The third-order valence-electron chi connectivity index (χ3n) is 5.13. The molecular formula is C23H28F3N3O4S. The quantitative estimate of drug-likeness (QED) is 0.515. The molecule has 0 heterocycles. The van der Waals surface area contributed by atoms with Crippen LogP contribution in [0.25, 0.3) is 0 Å². The van der Waals surface area contributed by atoms with Crippen LogP contribution in [-0.2, 0) is 26.2 Å². The summed E-state index contributed by atoms with van der Waals surface area (Å²) in [6.07, 6.45) is 0.877. The maximum Gasteiger partial charge on any atom is 0.242 e. The second-order valence-electron chi connectivity index (χ2n) is 7.76. The summed E-state index contributed by atoms with van der Waals surface area (Å²) in [6.45, 7) is 3.58. The van der Waals surface area contributed by atoms with E-state index in [9.17, 15) is 31.2 Å². The molecular weight excluding hydrogens is 471 g/mol. The van der Waals surface area contributed by atoms with E-state index in [1.54, 1.807) is 13.8 Å². The van der Waals surface area contributed by atoms with E-state index < -0.39 is 39.4 Å². The van der Waals surface area contributed by atoms with Gasteiger partial charge < -0.3 is 10.2 Å². The second kappa shape index (κ2) is 11.9. The number of nitrogens with zero attached hydrogens (tertiary/aromatic N) is 2. The molecule has 7 nitrogen and oxygen atoms in total. The Hall–Kier alpha value is -3.08. The van der Waals surface area contributed by atoms with Gasteiger partial charge in [-0.15, -0.1) is 0 Å². The lowest BCUT2D eigenvalue weighted by molar-refractivity contribution is -0.140. The molecule has 0 aliphatic carbocycles. The third-order valence-corrected chi connectivity index (χ3v) is 6.32. The van der Waals surface area contributed by atoms with Gasteiger partial charge in [-0.25, -0.2) is 21.6 Å². The summed E-state index contributed by atoms with van der Waals surface area (Å²) in [5.41, 5.74) is 0.554. The zero-order valence-corrected chi connectivity index (χ0v) is 20.0. The maximum absolute atomic E-state index is 13.6. The zero-order valence-electron chi connectivity index (χ0n) is 19.2. The lowest BCUT2D eigenvalue weighted by Gasteiger charge is -2.29. The van der Waals surface area contributed by atoms with Gasteiger partial charge in [0.1, 0.15) is 11.9 Å². The van der Waals surface area contributed by atoms with Crippen molar-refractivity contribution in [2.24, 2.45) is 0 Å². The molecule has 0 saturated heterocycles. The summed E-state index contributed by atoms with van der Waals surface area (Å²) in [5, 5.41) is 2.65. The summed E-state index contributed by atoms with van der Waals surface area (Å²) in [5.74, 6) is -3.51. The molecule has 1 atom stereocenters. The lowest BCUT2D eigenvalue weighted by atomic mass is 10.1. The second-order valence-corrected chi connectivity index (χ2v) is 9.66. The smallest absolute Gasteiger partial charge is 0.242 e. The van der Waals surface area contributed by atoms with E-state index in [1.165, 1.54) is 29.2 Å². The fourth-order valence-electron chi connectivity index (χ4n) is 3.34. The Morgan fingerprint density at radius 3 is 2.24 bits per heavy atom. The molecule has 2 amide bonds. The van der Waals surface area contributed by atoms with Gasteiger partial charge in [-0.2, -0.15) is 0 Å². The van der Waals surface area contributed by atoms with Crippen molar-refractivity contribution in [3.05, 3.63) is 65.5 Å². The van der Waals surface area contributed by atoms with E-state index in [2.05, 4.69) is 5.32 Å². The normalized spacial score (nSPS) is 12.2. The highest BCUT2D eigenvalue weighted by molar-refractivity contribution is 7.92. The first kappa shape index (κ1) is 27.2. The van der Waals surface area contributed by atoms with Crippen molar-refractivity contribution < 1.29 is 31.2 Å². The molecule has 0 radical (unpaired) electrons. The van der Waals surface area contributed by atoms with Crippen LogP contribution in [0.3, 0.4) is 0 Å². The van der Waals surface area contributed by atoms with Gasteiger partial charge in [0.2, 0.25) is 21.8 Å². The van der Waals surface area contributed by atoms with Gasteiger partial charge >= 0.3 is 0 Å². The monoisotopic (exact) mass is 499 g/mol. The predicted octanol–water partition coefficient (Wildman–Crippen LogP) is 3.20. The number of sulfonamides is 1. The van der Waals surface area contributed by atoms with Crippen molar-refractivity contribution >= 4 is 27.5 Å². The van der Waals surface area contributed by atoms with Crippen LogP contribution in [0.2, 0.25) is 0 Å². The van der Waals surface area contributed by atoms with Crippen LogP contribution < -0.4 is 9.62 Å². The van der Waals surface area contributed by atoms with Gasteiger partial charge in [-0.05, 0) is 50.1 Å². The number of carbonyl (C=O) groups excluding carboxylic acids is 2. The predicted molar refractivity (Wildman–Crippen MR) is 123 cm³/mol. The number of carbonyl (C=O) groups is 2. The Kier molecular flexibility index (Phi) is 9.48. The molecule has 0 aromatic heterocycles. The summed E-state index contributed by atoms with van der Waals surface area (Å²) in [7, 11) is -3.84. The molecule has 0 bridgehead atoms. The number of amides is 2. The van der Waals surface area contributed by atoms with Crippen molar-refractivity contribution in [3.63, 3.8) is 0 Å². The summed E-state index contributed by atoms with van der Waals surface area (Å²) in [6, 6.07) is 7.43. The topological polar surface area (TPSA) is 86.8 Å². The molecule has 2 rings (SSSR count). The Labute approximate surface area is 197 Å². The van der Waals surface area contributed by atoms with Crippen molar-refractivity contribution in [2.75, 3.05) is 23.7 Å². The van der Waals surface area contributed by atoms with Gasteiger partial charge in [0.05, 0.1) is 11.9 Å². The number of nitrogens with one attached hydrogen (secondary N) is 1. The fraction of sp³-hybridized carbons (Fsp3) is 0.391. The highest BCUT2D eigenvalue weighted by Crippen LogP contribution is 2.21. The maximum atomic E-state index is 13.6. The minimum absolute atomic E-state index is 0.0520. The van der Waals surface area contributed by atoms with Crippen LogP contribution in [0, 0.1) is 17.5 Å². The first-order valence-corrected chi connectivity index (χ1v) is 12.5. The fourth-order valence-corrected chi connectivity index (χ4v) is 4.29. The van der Waals surface area contributed by atoms with Gasteiger partial charge in [0, 0.05) is 32.1 Å². The molecule has 0 spiro atoms. The standard InChI is InChI=1S/C23H28F3N3O4S/c1-4-27-23(31)16(2)28(15-17-7-9-18(24)10-8-17)22(30)6-5-13-29(34(3,32)33)19-11-12-20(25)21(26)14-19/h7-12,14,16H,4-6,13,15H2,1-3H3,(H,27,31)/t16-/m1/s1. The van der Waals surface area contributed by atoms with Gasteiger partial charge in [0.25, 0.3) is 0 Å². The number of hydrogen-bond acceptors (Lipinski definition) is 4. The first-order valence-electron chi connectivity index (χ1n) is 10.7. The summed E-state index contributed by atoms with van der Waals surface area (Å²) >= 11 is 0. The lowest BCUT2D eigenvalue weighted by Crippen LogP contribution is -2.47. The SMILES string of the molecule is CCNC(=O)[C@@H](C)N(Cc1ccc(F)cc1)C(=O)CCCN(c1ccc(F)c(F)c1)S(C)(=O)=O. The van der Waals surface area contributed by atoms with Gasteiger partial charge in [0.15, 0.2) is 11.6 Å². The Bertz CT molecular complexity index is 1110. The van der Waals surface area contributed by atoms with Crippen molar-refractivity contribution in [2.45, 2.75) is 39.3 Å². The van der Waals surface area contributed by atoms with E-state index in [4.69, 9.17) is 0 Å². The minimum atomic E-state index is -3.84. The third kappa shape index (κ3) is 7.47.